The summed E-state index contributed by atoms with van der Waals surface area (Å²) in [5, 5.41) is 10.5. The van der Waals surface area contributed by atoms with E-state index >= 15 is 0 Å². The average Bonchev–Trinajstić information content (AvgIpc) is 2.38. The predicted molar refractivity (Wildman–Crippen MR) is 78.1 cm³/mol. The second-order valence-corrected chi connectivity index (χ2v) is 5.52. The molecule has 1 atom stereocenters. The van der Waals surface area contributed by atoms with Crippen LogP contribution in [0, 0.1) is 0 Å². The first-order valence-corrected chi connectivity index (χ1v) is 7.18. The summed E-state index contributed by atoms with van der Waals surface area (Å²) in [6.45, 7) is 1.79. The lowest BCUT2D eigenvalue weighted by atomic mass is 10.1. The Labute approximate surface area is 117 Å². The van der Waals surface area contributed by atoms with Gasteiger partial charge in [0.2, 0.25) is 0 Å². The molecular formula is C15H15ClOS. The minimum atomic E-state index is -0.444. The molecule has 1 nitrogen and oxygen atoms in total. The van der Waals surface area contributed by atoms with Crippen LogP contribution in [-0.4, -0.2) is 5.11 Å². The highest BCUT2D eigenvalue weighted by molar-refractivity contribution is 7.98. The van der Waals surface area contributed by atoms with Gasteiger partial charge in [0.05, 0.1) is 6.10 Å². The van der Waals surface area contributed by atoms with Gasteiger partial charge >= 0.3 is 0 Å². The Kier molecular flexibility index (Phi) is 4.70. The standard InChI is InChI=1S/C15H15ClOS/c1-11(17)13-7-3-5-9-15(13)18-10-12-6-2-4-8-14(12)16/h2-9,11,17H,10H2,1H3/t11-/m1/s1. The molecule has 18 heavy (non-hydrogen) atoms. The van der Waals surface area contributed by atoms with Crippen molar-refractivity contribution in [1.82, 2.24) is 0 Å². The number of hydrogen-bond donors (Lipinski definition) is 1. The van der Waals surface area contributed by atoms with Crippen molar-refractivity contribution in [1.29, 1.82) is 0 Å². The van der Waals surface area contributed by atoms with Crippen LogP contribution in [0.15, 0.2) is 53.4 Å². The Morgan fingerprint density at radius 3 is 2.50 bits per heavy atom. The lowest BCUT2D eigenvalue weighted by Crippen LogP contribution is -1.93. The molecule has 94 valence electrons. The van der Waals surface area contributed by atoms with E-state index in [9.17, 15) is 5.11 Å². The second kappa shape index (κ2) is 6.28. The summed E-state index contributed by atoms with van der Waals surface area (Å²) >= 11 is 7.83. The Morgan fingerprint density at radius 2 is 1.78 bits per heavy atom. The van der Waals surface area contributed by atoms with E-state index in [4.69, 9.17) is 11.6 Å². The van der Waals surface area contributed by atoms with Crippen LogP contribution < -0.4 is 0 Å². The van der Waals surface area contributed by atoms with Gasteiger partial charge in [-0.25, -0.2) is 0 Å². The molecule has 0 unspecified atom stereocenters. The highest BCUT2D eigenvalue weighted by Gasteiger charge is 2.08. The van der Waals surface area contributed by atoms with Crippen LogP contribution in [0.25, 0.3) is 0 Å². The van der Waals surface area contributed by atoms with Gasteiger partial charge < -0.3 is 5.11 Å². The van der Waals surface area contributed by atoms with Crippen LogP contribution in [0.1, 0.15) is 24.2 Å². The molecule has 0 aliphatic carbocycles. The lowest BCUT2D eigenvalue weighted by molar-refractivity contribution is 0.196. The number of thioether (sulfide) groups is 1. The van der Waals surface area contributed by atoms with Gasteiger partial charge in [-0.05, 0) is 30.2 Å². The molecule has 0 aromatic heterocycles. The summed E-state index contributed by atoms with van der Waals surface area (Å²) in [6, 6.07) is 15.8. The molecular weight excluding hydrogens is 264 g/mol. The molecule has 2 rings (SSSR count). The van der Waals surface area contributed by atoms with E-state index in [0.29, 0.717) is 0 Å². The highest BCUT2D eigenvalue weighted by atomic mass is 35.5. The molecule has 0 aliphatic rings. The van der Waals surface area contributed by atoms with Gasteiger partial charge in [-0.2, -0.15) is 0 Å². The van der Waals surface area contributed by atoms with E-state index in [2.05, 4.69) is 0 Å². The summed E-state index contributed by atoms with van der Waals surface area (Å²) in [5.41, 5.74) is 2.08. The number of rotatable bonds is 4. The van der Waals surface area contributed by atoms with Crippen molar-refractivity contribution in [3.8, 4) is 0 Å². The quantitative estimate of drug-likeness (QED) is 0.819. The SMILES string of the molecule is C[C@@H](O)c1ccccc1SCc1ccccc1Cl. The summed E-state index contributed by atoms with van der Waals surface area (Å²) in [6.07, 6.45) is -0.444. The molecule has 0 radical (unpaired) electrons. The maximum Gasteiger partial charge on any atom is 0.0772 e. The molecule has 2 aromatic carbocycles. The van der Waals surface area contributed by atoms with Crippen LogP contribution in [0.4, 0.5) is 0 Å². The van der Waals surface area contributed by atoms with Crippen molar-refractivity contribution in [2.45, 2.75) is 23.7 Å². The zero-order valence-corrected chi connectivity index (χ0v) is 11.7. The topological polar surface area (TPSA) is 20.2 Å². The zero-order valence-electron chi connectivity index (χ0n) is 10.1. The smallest absolute Gasteiger partial charge is 0.0772 e. The van der Waals surface area contributed by atoms with Gasteiger partial charge in [-0.1, -0.05) is 48.0 Å². The minimum absolute atomic E-state index is 0.444. The molecule has 0 fully saturated rings. The van der Waals surface area contributed by atoms with E-state index in [1.807, 2.05) is 48.5 Å². The van der Waals surface area contributed by atoms with E-state index in [1.165, 1.54) is 0 Å². The van der Waals surface area contributed by atoms with Crippen LogP contribution in [0.2, 0.25) is 5.02 Å². The molecule has 3 heteroatoms. The first-order valence-electron chi connectivity index (χ1n) is 5.81. The average molecular weight is 279 g/mol. The third-order valence-corrected chi connectivity index (χ3v) is 4.22. The first kappa shape index (κ1) is 13.5. The molecule has 1 N–H and O–H groups in total. The van der Waals surface area contributed by atoms with Gasteiger partial charge in [0.1, 0.15) is 0 Å². The van der Waals surface area contributed by atoms with Crippen molar-refractivity contribution in [2.24, 2.45) is 0 Å². The van der Waals surface area contributed by atoms with E-state index in [0.717, 1.165) is 26.8 Å². The van der Waals surface area contributed by atoms with Gasteiger partial charge in [-0.15, -0.1) is 11.8 Å². The molecule has 0 saturated heterocycles. The maximum atomic E-state index is 9.72. The van der Waals surface area contributed by atoms with Crippen molar-refractivity contribution >= 4 is 23.4 Å². The number of halogens is 1. The van der Waals surface area contributed by atoms with Gasteiger partial charge in [0, 0.05) is 15.7 Å². The monoisotopic (exact) mass is 278 g/mol. The summed E-state index contributed by atoms with van der Waals surface area (Å²) in [5.74, 6) is 0.809. The number of aliphatic hydroxyl groups excluding tert-OH is 1. The van der Waals surface area contributed by atoms with E-state index in [1.54, 1.807) is 18.7 Å². The second-order valence-electron chi connectivity index (χ2n) is 4.09. The Balaban J connectivity index is 2.14. The number of aliphatic hydroxyl groups is 1. The van der Waals surface area contributed by atoms with Crippen molar-refractivity contribution in [2.75, 3.05) is 0 Å². The minimum Gasteiger partial charge on any atom is -0.389 e. The predicted octanol–water partition coefficient (Wildman–Crippen LogP) is 4.69. The third-order valence-electron chi connectivity index (χ3n) is 2.71. The van der Waals surface area contributed by atoms with Crippen LogP contribution >= 0.6 is 23.4 Å². The first-order chi connectivity index (χ1) is 8.68. The van der Waals surface area contributed by atoms with Crippen molar-refractivity contribution in [3.63, 3.8) is 0 Å². The van der Waals surface area contributed by atoms with Crippen molar-refractivity contribution in [3.05, 3.63) is 64.7 Å². The summed E-state index contributed by atoms with van der Waals surface area (Å²) < 4.78 is 0. The summed E-state index contributed by atoms with van der Waals surface area (Å²) in [7, 11) is 0. The molecule has 0 aliphatic heterocycles. The highest BCUT2D eigenvalue weighted by Crippen LogP contribution is 2.31. The van der Waals surface area contributed by atoms with Crippen molar-refractivity contribution < 1.29 is 5.11 Å². The maximum absolute atomic E-state index is 9.72. The molecule has 0 spiro atoms. The van der Waals surface area contributed by atoms with E-state index < -0.39 is 6.10 Å². The lowest BCUT2D eigenvalue weighted by Gasteiger charge is -2.11. The van der Waals surface area contributed by atoms with Gasteiger partial charge in [0.15, 0.2) is 0 Å². The molecule has 2 aromatic rings. The van der Waals surface area contributed by atoms with Crippen LogP contribution in [0.3, 0.4) is 0 Å². The molecule has 0 amide bonds. The third kappa shape index (κ3) is 3.29. The molecule has 0 heterocycles. The number of benzene rings is 2. The van der Waals surface area contributed by atoms with Gasteiger partial charge in [0.25, 0.3) is 0 Å². The van der Waals surface area contributed by atoms with E-state index in [-0.39, 0.29) is 0 Å². The molecule has 0 bridgehead atoms. The molecule has 0 saturated carbocycles. The fraction of sp³-hybridized carbons (Fsp3) is 0.200. The normalized spacial score (nSPS) is 12.4. The van der Waals surface area contributed by atoms with Crippen LogP contribution in [-0.2, 0) is 5.75 Å². The zero-order chi connectivity index (χ0) is 13.0. The number of hydrogen-bond acceptors (Lipinski definition) is 2. The largest absolute Gasteiger partial charge is 0.389 e. The Morgan fingerprint density at radius 1 is 1.11 bits per heavy atom. The fourth-order valence-electron chi connectivity index (χ4n) is 1.73. The fourth-order valence-corrected chi connectivity index (χ4v) is 3.15. The Bertz CT molecular complexity index is 525. The van der Waals surface area contributed by atoms with Crippen LogP contribution in [0.5, 0.6) is 0 Å². The Hall–Kier alpha value is -0.960. The van der Waals surface area contributed by atoms with Gasteiger partial charge in [-0.3, -0.25) is 0 Å². The summed E-state index contributed by atoms with van der Waals surface area (Å²) in [4.78, 5) is 1.10.